The maximum atomic E-state index is 13.2. The van der Waals surface area contributed by atoms with Crippen LogP contribution in [0, 0.1) is 5.92 Å². The molecule has 0 bridgehead atoms. The van der Waals surface area contributed by atoms with Gasteiger partial charge in [-0.3, -0.25) is 14.2 Å². The van der Waals surface area contributed by atoms with Crippen LogP contribution >= 0.6 is 7.37 Å². The molecular weight excluding hydrogens is 463 g/mol. The summed E-state index contributed by atoms with van der Waals surface area (Å²) in [6, 6.07) is 25.5. The van der Waals surface area contributed by atoms with E-state index in [-0.39, 0.29) is 19.0 Å². The molecule has 3 unspecified atom stereocenters. The molecule has 0 saturated heterocycles. The topological polar surface area (TPSA) is 130 Å². The summed E-state index contributed by atoms with van der Waals surface area (Å²) < 4.78 is 13.2. The molecule has 0 heterocycles. The van der Waals surface area contributed by atoms with Crippen molar-refractivity contribution in [3.8, 4) is 11.1 Å². The van der Waals surface area contributed by atoms with Crippen LogP contribution < -0.4 is 11.1 Å². The highest BCUT2D eigenvalue weighted by Gasteiger charge is 2.35. The molecule has 35 heavy (non-hydrogen) atoms. The van der Waals surface area contributed by atoms with Gasteiger partial charge in [0.05, 0.1) is 11.7 Å². The second-order valence-corrected chi connectivity index (χ2v) is 11.3. The Morgan fingerprint density at radius 3 is 1.94 bits per heavy atom. The Kier molecular flexibility index (Phi) is 8.99. The molecule has 3 aromatic carbocycles. The minimum Gasteiger partial charge on any atom is -0.480 e. The predicted octanol–water partition coefficient (Wildman–Crippen LogP) is 3.90. The third-order valence-corrected chi connectivity index (χ3v) is 8.11. The number of carbonyl (C=O) groups excluding carboxylic acids is 1. The van der Waals surface area contributed by atoms with E-state index in [1.807, 2.05) is 84.9 Å². The zero-order chi connectivity index (χ0) is 25.4. The highest BCUT2D eigenvalue weighted by Crippen LogP contribution is 2.47. The van der Waals surface area contributed by atoms with E-state index >= 15 is 0 Å². The van der Waals surface area contributed by atoms with E-state index in [2.05, 4.69) is 5.32 Å². The van der Waals surface area contributed by atoms with Gasteiger partial charge in [0, 0.05) is 6.16 Å². The summed E-state index contributed by atoms with van der Waals surface area (Å²) in [5.41, 5.74) is 9.80. The molecule has 3 aromatic rings. The maximum absolute atomic E-state index is 13.2. The normalized spacial score (nSPS) is 15.4. The third kappa shape index (κ3) is 7.62. The van der Waals surface area contributed by atoms with Crippen molar-refractivity contribution in [1.82, 2.24) is 5.32 Å². The van der Waals surface area contributed by atoms with E-state index < -0.39 is 37.0 Å². The average molecular weight is 495 g/mol. The van der Waals surface area contributed by atoms with Gasteiger partial charge in [-0.25, -0.2) is 0 Å². The second-order valence-electron chi connectivity index (χ2n) is 8.73. The Balaban J connectivity index is 1.78. The lowest BCUT2D eigenvalue weighted by Gasteiger charge is -2.25. The van der Waals surface area contributed by atoms with Crippen molar-refractivity contribution >= 4 is 19.2 Å². The quantitative estimate of drug-likeness (QED) is 0.299. The van der Waals surface area contributed by atoms with Gasteiger partial charge >= 0.3 is 5.97 Å². The lowest BCUT2D eigenvalue weighted by atomic mass is 9.97. The number of hydrogen-bond acceptors (Lipinski definition) is 4. The number of aliphatic carboxylic acids is 1. The number of hydrogen-bond donors (Lipinski definition) is 4. The van der Waals surface area contributed by atoms with Crippen LogP contribution in [0.4, 0.5) is 0 Å². The molecule has 5 N–H and O–H groups in total. The first-order valence-electron chi connectivity index (χ1n) is 11.4. The number of nitrogens with two attached hydrogens (primary N) is 1. The fraction of sp³-hybridized carbons (Fsp3) is 0.259. The summed E-state index contributed by atoms with van der Waals surface area (Å²) in [4.78, 5) is 35.0. The number of benzene rings is 3. The predicted molar refractivity (Wildman–Crippen MR) is 137 cm³/mol. The largest absolute Gasteiger partial charge is 0.480 e. The number of rotatable bonds is 11. The fourth-order valence-electron chi connectivity index (χ4n) is 3.83. The van der Waals surface area contributed by atoms with E-state index in [1.54, 1.807) is 0 Å². The molecule has 8 heteroatoms. The minimum absolute atomic E-state index is 0.176. The van der Waals surface area contributed by atoms with Crippen molar-refractivity contribution in [1.29, 1.82) is 0 Å². The second kappa shape index (κ2) is 11.9. The van der Waals surface area contributed by atoms with Gasteiger partial charge in [-0.05, 0) is 42.0 Å². The summed E-state index contributed by atoms with van der Waals surface area (Å²) in [7, 11) is -3.95. The van der Waals surface area contributed by atoms with Gasteiger partial charge in [0.25, 0.3) is 0 Å². The zero-order valence-corrected chi connectivity index (χ0v) is 20.5. The van der Waals surface area contributed by atoms with Crippen LogP contribution in [0.3, 0.4) is 0 Å². The highest BCUT2D eigenvalue weighted by atomic mass is 31.2. The monoisotopic (exact) mass is 494 g/mol. The van der Waals surface area contributed by atoms with Crippen molar-refractivity contribution in [3.63, 3.8) is 0 Å². The van der Waals surface area contributed by atoms with E-state index in [1.165, 1.54) is 6.92 Å². The van der Waals surface area contributed by atoms with Crippen molar-refractivity contribution in [2.24, 2.45) is 11.7 Å². The number of carboxylic acids is 1. The molecule has 0 aliphatic rings. The van der Waals surface area contributed by atoms with Crippen molar-refractivity contribution in [2.45, 2.75) is 31.6 Å². The summed E-state index contributed by atoms with van der Waals surface area (Å²) in [6.07, 6.45) is 0.0235. The average Bonchev–Trinajstić information content (AvgIpc) is 2.85. The van der Waals surface area contributed by atoms with Gasteiger partial charge in [-0.1, -0.05) is 84.9 Å². The summed E-state index contributed by atoms with van der Waals surface area (Å²) in [6.45, 7) is 1.35. The molecule has 184 valence electrons. The Morgan fingerprint density at radius 2 is 1.37 bits per heavy atom. The Morgan fingerprint density at radius 1 is 0.857 bits per heavy atom. The van der Waals surface area contributed by atoms with Crippen LogP contribution in [-0.2, 0) is 27.0 Å². The van der Waals surface area contributed by atoms with Crippen LogP contribution in [0.25, 0.3) is 11.1 Å². The van der Waals surface area contributed by atoms with E-state index in [4.69, 9.17) is 5.73 Å². The van der Waals surface area contributed by atoms with Crippen LogP contribution in [0.15, 0.2) is 84.9 Å². The molecule has 0 radical (unpaired) electrons. The maximum Gasteiger partial charge on any atom is 0.325 e. The molecule has 1 amide bonds. The summed E-state index contributed by atoms with van der Waals surface area (Å²) in [5, 5.41) is 11.6. The molecule has 0 saturated carbocycles. The fourth-order valence-corrected chi connectivity index (χ4v) is 5.52. The highest BCUT2D eigenvalue weighted by molar-refractivity contribution is 7.58. The third-order valence-electron chi connectivity index (χ3n) is 5.93. The van der Waals surface area contributed by atoms with Gasteiger partial charge in [0.15, 0.2) is 0 Å². The van der Waals surface area contributed by atoms with Crippen molar-refractivity contribution < 1.29 is 24.2 Å². The van der Waals surface area contributed by atoms with E-state index in [0.29, 0.717) is 0 Å². The Hall–Kier alpha value is -3.25. The molecule has 0 fully saturated rings. The van der Waals surface area contributed by atoms with Gasteiger partial charge in [0.1, 0.15) is 6.04 Å². The van der Waals surface area contributed by atoms with E-state index in [9.17, 15) is 24.2 Å². The van der Waals surface area contributed by atoms with Crippen molar-refractivity contribution in [2.75, 3.05) is 6.16 Å². The smallest absolute Gasteiger partial charge is 0.325 e. The Bertz CT molecular complexity index is 1170. The van der Waals surface area contributed by atoms with Crippen LogP contribution in [0.2, 0.25) is 0 Å². The summed E-state index contributed by atoms with van der Waals surface area (Å²) >= 11 is 0. The van der Waals surface area contributed by atoms with Gasteiger partial charge < -0.3 is 21.1 Å². The molecule has 3 rings (SSSR count). The molecular formula is C27H31N2O5P. The first kappa shape index (κ1) is 26.4. The van der Waals surface area contributed by atoms with Crippen molar-refractivity contribution in [3.05, 3.63) is 96.1 Å². The van der Waals surface area contributed by atoms with Gasteiger partial charge in [-0.15, -0.1) is 0 Å². The summed E-state index contributed by atoms with van der Waals surface area (Å²) in [5.74, 6) is -3.74. The molecule has 0 aromatic heterocycles. The number of carbonyl (C=O) groups is 2. The number of nitrogens with one attached hydrogen (secondary N) is 1. The molecule has 4 atom stereocenters. The molecule has 0 spiro atoms. The SMILES string of the molecule is C[C@H](NC(=O)C(Cc1ccc(-c2ccccc2)cc1)CP(=O)(O)C(N)Cc1ccccc1)C(=O)O. The first-order chi connectivity index (χ1) is 16.7. The number of amides is 1. The minimum atomic E-state index is -3.95. The number of carboxylic acid groups (broad SMARTS) is 1. The molecule has 0 aliphatic heterocycles. The van der Waals surface area contributed by atoms with Crippen LogP contribution in [-0.4, -0.2) is 39.9 Å². The lowest BCUT2D eigenvalue weighted by Crippen LogP contribution is -2.43. The first-order valence-corrected chi connectivity index (χ1v) is 13.4. The van der Waals surface area contributed by atoms with Gasteiger partial charge in [-0.2, -0.15) is 0 Å². The van der Waals surface area contributed by atoms with Gasteiger partial charge in [0.2, 0.25) is 13.3 Å². The van der Waals surface area contributed by atoms with E-state index in [0.717, 1.165) is 22.3 Å². The van der Waals surface area contributed by atoms with Crippen LogP contribution in [0.5, 0.6) is 0 Å². The van der Waals surface area contributed by atoms with Crippen LogP contribution in [0.1, 0.15) is 18.1 Å². The lowest BCUT2D eigenvalue weighted by molar-refractivity contribution is -0.141. The Labute approximate surface area is 205 Å². The zero-order valence-electron chi connectivity index (χ0n) is 19.6. The molecule has 0 aliphatic carbocycles. The molecule has 7 nitrogen and oxygen atoms in total. The standard InChI is InChI=1S/C27H31N2O5P/c1-19(27(31)32)29-26(30)24(18-35(33,34)25(28)17-20-8-4-2-5-9-20)16-21-12-14-23(15-13-21)22-10-6-3-7-11-22/h2-15,19,24-25H,16-18,28H2,1H3,(H,29,30)(H,31,32)(H,33,34)/t19-,24?,25?/m0/s1.